The second-order valence-electron chi connectivity index (χ2n) is 4.90. The lowest BCUT2D eigenvalue weighted by Crippen LogP contribution is -2.41. The van der Waals surface area contributed by atoms with Crippen LogP contribution in [-0.4, -0.2) is 43.4 Å². The summed E-state index contributed by atoms with van der Waals surface area (Å²) >= 11 is 5.09. The zero-order valence-electron chi connectivity index (χ0n) is 12.3. The van der Waals surface area contributed by atoms with E-state index in [4.69, 9.17) is 4.42 Å². The third-order valence-corrected chi connectivity index (χ3v) is 7.52. The van der Waals surface area contributed by atoms with Crippen LogP contribution in [0.5, 0.6) is 0 Å². The molecule has 1 saturated heterocycles. The van der Waals surface area contributed by atoms with Crippen LogP contribution >= 0.6 is 27.7 Å². The molecule has 1 aliphatic rings. The smallest absolute Gasteiger partial charge is 0.247 e. The average molecular weight is 397 g/mol. The average Bonchev–Trinajstić information content (AvgIpc) is 2.87. The predicted molar refractivity (Wildman–Crippen MR) is 89.1 cm³/mol. The first-order chi connectivity index (χ1) is 9.98. The molecule has 0 aliphatic carbocycles. The highest BCUT2D eigenvalue weighted by Gasteiger charge is 2.33. The van der Waals surface area contributed by atoms with Crippen LogP contribution in [-0.2, 0) is 16.6 Å². The van der Waals surface area contributed by atoms with E-state index < -0.39 is 10.0 Å². The topological polar surface area (TPSA) is 62.6 Å². The van der Waals surface area contributed by atoms with E-state index in [-0.39, 0.29) is 4.90 Å². The third-order valence-electron chi connectivity index (χ3n) is 3.43. The quantitative estimate of drug-likeness (QED) is 0.800. The lowest BCUT2D eigenvalue weighted by atomic mass is 10.3. The normalized spacial score (nSPS) is 20.8. The Labute approximate surface area is 139 Å². The molecule has 1 aromatic heterocycles. The number of nitrogens with zero attached hydrogens (tertiary/aromatic N) is 1. The summed E-state index contributed by atoms with van der Waals surface area (Å²) in [4.78, 5) is 0.233. The Hall–Kier alpha value is -0.0200. The Kier molecular flexibility index (Phi) is 6.19. The van der Waals surface area contributed by atoms with Gasteiger partial charge in [0.15, 0.2) is 4.67 Å². The van der Waals surface area contributed by atoms with Crippen LogP contribution in [0.25, 0.3) is 0 Å². The number of rotatable bonds is 6. The summed E-state index contributed by atoms with van der Waals surface area (Å²) in [6, 6.07) is 1.62. The van der Waals surface area contributed by atoms with Crippen molar-refractivity contribution in [3.05, 3.63) is 16.5 Å². The SMILES string of the molecule is CCNCc1cc(S(=O)(=O)N2CCSC(CC)C2)c(Br)o1. The van der Waals surface area contributed by atoms with Crippen LogP contribution in [0.1, 0.15) is 26.0 Å². The zero-order chi connectivity index (χ0) is 15.5. The maximum atomic E-state index is 12.8. The van der Waals surface area contributed by atoms with Gasteiger partial charge in [0.2, 0.25) is 10.0 Å². The Morgan fingerprint density at radius 3 is 2.95 bits per heavy atom. The predicted octanol–water partition coefficient (Wildman–Crippen LogP) is 2.67. The molecule has 120 valence electrons. The van der Waals surface area contributed by atoms with Crippen LogP contribution < -0.4 is 5.32 Å². The number of halogens is 1. The van der Waals surface area contributed by atoms with Crippen molar-refractivity contribution in [3.8, 4) is 0 Å². The van der Waals surface area contributed by atoms with E-state index in [9.17, 15) is 8.42 Å². The van der Waals surface area contributed by atoms with Gasteiger partial charge >= 0.3 is 0 Å². The van der Waals surface area contributed by atoms with Gasteiger partial charge < -0.3 is 9.73 Å². The molecule has 1 aromatic rings. The Morgan fingerprint density at radius 2 is 2.29 bits per heavy atom. The molecule has 2 rings (SSSR count). The molecule has 8 heteroatoms. The van der Waals surface area contributed by atoms with E-state index >= 15 is 0 Å². The van der Waals surface area contributed by atoms with Crippen molar-refractivity contribution in [1.29, 1.82) is 0 Å². The first kappa shape index (κ1) is 17.3. The van der Waals surface area contributed by atoms with Gasteiger partial charge in [0.05, 0.1) is 6.54 Å². The first-order valence-corrected chi connectivity index (χ1v) is 10.4. The molecule has 2 heterocycles. The van der Waals surface area contributed by atoms with Crippen LogP contribution in [0, 0.1) is 0 Å². The number of nitrogens with one attached hydrogen (secondary N) is 1. The maximum absolute atomic E-state index is 12.8. The van der Waals surface area contributed by atoms with Crippen LogP contribution in [0.2, 0.25) is 0 Å². The molecule has 0 saturated carbocycles. The number of hydrogen-bond donors (Lipinski definition) is 1. The molecule has 5 nitrogen and oxygen atoms in total. The van der Waals surface area contributed by atoms with E-state index in [0.29, 0.717) is 35.3 Å². The number of furan rings is 1. The summed E-state index contributed by atoms with van der Waals surface area (Å²) in [6.07, 6.45) is 0.981. The molecule has 0 amide bonds. The maximum Gasteiger partial charge on any atom is 0.247 e. The minimum atomic E-state index is -3.49. The molecule has 0 bridgehead atoms. The number of thioether (sulfide) groups is 1. The monoisotopic (exact) mass is 396 g/mol. The van der Waals surface area contributed by atoms with Gasteiger partial charge in [-0.15, -0.1) is 0 Å². The molecule has 1 N–H and O–H groups in total. The van der Waals surface area contributed by atoms with E-state index in [1.807, 2.05) is 18.7 Å². The fraction of sp³-hybridized carbons (Fsp3) is 0.692. The van der Waals surface area contributed by atoms with Gasteiger partial charge in [-0.1, -0.05) is 13.8 Å². The molecule has 1 aliphatic heterocycles. The van der Waals surface area contributed by atoms with Crippen LogP contribution in [0.15, 0.2) is 20.0 Å². The summed E-state index contributed by atoms with van der Waals surface area (Å²) in [5.41, 5.74) is 0. The van der Waals surface area contributed by atoms with Crippen molar-refractivity contribution in [3.63, 3.8) is 0 Å². The lowest BCUT2D eigenvalue weighted by Gasteiger charge is -2.30. The lowest BCUT2D eigenvalue weighted by molar-refractivity contribution is 0.413. The first-order valence-electron chi connectivity index (χ1n) is 7.09. The van der Waals surface area contributed by atoms with Crippen molar-refractivity contribution >= 4 is 37.7 Å². The van der Waals surface area contributed by atoms with Gasteiger partial charge in [0, 0.05) is 30.2 Å². The van der Waals surface area contributed by atoms with Gasteiger partial charge in [-0.3, -0.25) is 0 Å². The summed E-state index contributed by atoms with van der Waals surface area (Å²) in [7, 11) is -3.49. The fourth-order valence-corrected chi connectivity index (χ4v) is 6.04. The van der Waals surface area contributed by atoms with Gasteiger partial charge in [0.1, 0.15) is 10.7 Å². The molecule has 0 spiro atoms. The minimum absolute atomic E-state index is 0.233. The highest BCUT2D eigenvalue weighted by molar-refractivity contribution is 9.10. The summed E-state index contributed by atoms with van der Waals surface area (Å²) < 4.78 is 32.9. The van der Waals surface area contributed by atoms with Gasteiger partial charge in [-0.05, 0) is 28.9 Å². The molecule has 1 unspecified atom stereocenters. The summed E-state index contributed by atoms with van der Waals surface area (Å²) in [6.45, 7) is 6.55. The highest BCUT2D eigenvalue weighted by Crippen LogP contribution is 2.31. The number of sulfonamides is 1. The van der Waals surface area contributed by atoms with Gasteiger partial charge in [-0.25, -0.2) is 8.42 Å². The van der Waals surface area contributed by atoms with Crippen LogP contribution in [0.4, 0.5) is 0 Å². The second kappa shape index (κ2) is 7.50. The second-order valence-corrected chi connectivity index (χ2v) is 8.93. The third kappa shape index (κ3) is 4.04. The summed E-state index contributed by atoms with van der Waals surface area (Å²) in [5, 5.41) is 3.50. The minimum Gasteiger partial charge on any atom is -0.452 e. The van der Waals surface area contributed by atoms with E-state index in [1.165, 1.54) is 0 Å². The van der Waals surface area contributed by atoms with E-state index in [2.05, 4.69) is 28.2 Å². The van der Waals surface area contributed by atoms with Crippen molar-refractivity contribution < 1.29 is 12.8 Å². The molecular formula is C13H21BrN2O3S2. The standard InChI is InChI=1S/C13H21BrN2O3S2/c1-3-11-9-16(5-6-20-11)21(17,18)12-7-10(8-15-4-2)19-13(12)14/h7,11,15H,3-6,8-9H2,1-2H3. The van der Waals surface area contributed by atoms with E-state index in [0.717, 1.165) is 18.7 Å². The van der Waals surface area contributed by atoms with Gasteiger partial charge in [-0.2, -0.15) is 16.1 Å². The van der Waals surface area contributed by atoms with Crippen molar-refractivity contribution in [1.82, 2.24) is 9.62 Å². The Balaban J connectivity index is 2.20. The molecule has 0 aromatic carbocycles. The Bertz CT molecular complexity index is 574. The van der Waals surface area contributed by atoms with Gasteiger partial charge in [0.25, 0.3) is 0 Å². The number of hydrogen-bond acceptors (Lipinski definition) is 5. The Morgan fingerprint density at radius 1 is 1.52 bits per heavy atom. The van der Waals surface area contributed by atoms with E-state index in [1.54, 1.807) is 10.4 Å². The largest absolute Gasteiger partial charge is 0.452 e. The fourth-order valence-electron chi connectivity index (χ4n) is 2.21. The molecule has 0 radical (unpaired) electrons. The van der Waals surface area contributed by atoms with Crippen molar-refractivity contribution in [2.75, 3.05) is 25.4 Å². The highest BCUT2D eigenvalue weighted by atomic mass is 79.9. The molecular weight excluding hydrogens is 376 g/mol. The molecule has 1 fully saturated rings. The van der Waals surface area contributed by atoms with Crippen molar-refractivity contribution in [2.45, 2.75) is 37.0 Å². The van der Waals surface area contributed by atoms with Crippen LogP contribution in [0.3, 0.4) is 0 Å². The molecule has 21 heavy (non-hydrogen) atoms. The zero-order valence-corrected chi connectivity index (χ0v) is 15.5. The summed E-state index contributed by atoms with van der Waals surface area (Å²) in [5.74, 6) is 1.47. The molecule has 1 atom stereocenters. The van der Waals surface area contributed by atoms with Crippen molar-refractivity contribution in [2.24, 2.45) is 0 Å².